The SMILES string of the molecule is O=C(c1ccc(-c2nc(-c3cccs3)no2)nc1)N1CCN(Cc2ccc(OCC(F)(F)F)cc2)CC1. The number of amides is 1. The van der Waals surface area contributed by atoms with Crippen LogP contribution in [0.3, 0.4) is 0 Å². The average Bonchev–Trinajstić information content (AvgIpc) is 3.61. The molecule has 8 nitrogen and oxygen atoms in total. The summed E-state index contributed by atoms with van der Waals surface area (Å²) in [7, 11) is 0. The van der Waals surface area contributed by atoms with Crippen molar-refractivity contribution in [3.8, 4) is 28.0 Å². The third-order valence-electron chi connectivity index (χ3n) is 5.79. The number of alkyl halides is 3. The maximum absolute atomic E-state index is 13.0. The van der Waals surface area contributed by atoms with Crippen LogP contribution in [0.4, 0.5) is 13.2 Å². The molecule has 4 heterocycles. The quantitative estimate of drug-likeness (QED) is 0.341. The molecule has 0 N–H and O–H groups in total. The molecular weight excluding hydrogens is 507 g/mol. The number of rotatable bonds is 7. The Morgan fingerprint density at radius 1 is 1.05 bits per heavy atom. The highest BCUT2D eigenvalue weighted by Crippen LogP contribution is 2.25. The van der Waals surface area contributed by atoms with Crippen LogP contribution in [0.1, 0.15) is 15.9 Å². The second-order valence-electron chi connectivity index (χ2n) is 8.45. The summed E-state index contributed by atoms with van der Waals surface area (Å²) in [5.41, 5.74) is 1.93. The smallest absolute Gasteiger partial charge is 0.422 e. The van der Waals surface area contributed by atoms with Crippen LogP contribution >= 0.6 is 11.3 Å². The Morgan fingerprint density at radius 3 is 2.49 bits per heavy atom. The van der Waals surface area contributed by atoms with Gasteiger partial charge in [-0.05, 0) is 41.3 Å². The summed E-state index contributed by atoms with van der Waals surface area (Å²) in [6.45, 7) is 1.79. The first-order chi connectivity index (χ1) is 17.8. The Kier molecular flexibility index (Phi) is 7.19. The minimum absolute atomic E-state index is 0.102. The van der Waals surface area contributed by atoms with Crippen LogP contribution in [0.25, 0.3) is 22.3 Å². The number of piperazine rings is 1. The molecule has 0 bridgehead atoms. The first-order valence-electron chi connectivity index (χ1n) is 11.5. The first kappa shape index (κ1) is 24.9. The van der Waals surface area contributed by atoms with Crippen molar-refractivity contribution in [1.82, 2.24) is 24.9 Å². The normalized spacial score (nSPS) is 14.6. The zero-order chi connectivity index (χ0) is 25.8. The molecule has 0 saturated carbocycles. The van der Waals surface area contributed by atoms with Gasteiger partial charge in [0.15, 0.2) is 6.61 Å². The van der Waals surface area contributed by atoms with E-state index in [9.17, 15) is 18.0 Å². The van der Waals surface area contributed by atoms with E-state index in [2.05, 4.69) is 20.0 Å². The van der Waals surface area contributed by atoms with Crippen molar-refractivity contribution >= 4 is 17.2 Å². The number of benzene rings is 1. The van der Waals surface area contributed by atoms with Crippen molar-refractivity contribution in [2.24, 2.45) is 0 Å². The van der Waals surface area contributed by atoms with Crippen LogP contribution in [-0.4, -0.2) is 69.8 Å². The predicted octanol–water partition coefficient (Wildman–Crippen LogP) is 4.76. The number of carbonyl (C=O) groups is 1. The molecule has 0 unspecified atom stereocenters. The highest BCUT2D eigenvalue weighted by atomic mass is 32.1. The maximum Gasteiger partial charge on any atom is 0.422 e. The summed E-state index contributed by atoms with van der Waals surface area (Å²) in [5, 5.41) is 5.91. The van der Waals surface area contributed by atoms with Crippen molar-refractivity contribution in [3.05, 3.63) is 71.2 Å². The van der Waals surface area contributed by atoms with Crippen molar-refractivity contribution in [1.29, 1.82) is 0 Å². The number of pyridine rings is 1. The molecular formula is C25H22F3N5O3S. The van der Waals surface area contributed by atoms with Gasteiger partial charge in [-0.15, -0.1) is 11.3 Å². The molecule has 4 aromatic rings. The van der Waals surface area contributed by atoms with Crippen LogP contribution < -0.4 is 4.74 Å². The van der Waals surface area contributed by atoms with E-state index in [1.54, 1.807) is 29.2 Å². The molecule has 1 saturated heterocycles. The lowest BCUT2D eigenvalue weighted by molar-refractivity contribution is -0.153. The van der Waals surface area contributed by atoms with E-state index < -0.39 is 12.8 Å². The fourth-order valence-corrected chi connectivity index (χ4v) is 4.54. The van der Waals surface area contributed by atoms with Crippen LogP contribution in [0.5, 0.6) is 5.75 Å². The summed E-state index contributed by atoms with van der Waals surface area (Å²) in [5.74, 6) is 0.861. The van der Waals surface area contributed by atoms with Crippen molar-refractivity contribution in [2.75, 3.05) is 32.8 Å². The van der Waals surface area contributed by atoms with E-state index in [1.807, 2.05) is 17.5 Å². The number of nitrogens with zero attached hydrogens (tertiary/aromatic N) is 5. The standard InChI is InChI=1S/C25H22F3N5O3S/c26-25(27,28)16-35-19-6-3-17(4-7-19)15-32-9-11-33(12-10-32)24(34)18-5-8-20(29-14-18)23-30-22(31-36-23)21-2-1-13-37-21/h1-8,13-14H,9-12,15-16H2. The molecule has 1 fully saturated rings. The Hall–Kier alpha value is -3.77. The monoisotopic (exact) mass is 529 g/mol. The summed E-state index contributed by atoms with van der Waals surface area (Å²) < 4.78 is 46.9. The number of carbonyl (C=O) groups excluding carboxylic acids is 1. The molecule has 3 aromatic heterocycles. The van der Waals surface area contributed by atoms with Crippen molar-refractivity contribution < 1.29 is 27.2 Å². The van der Waals surface area contributed by atoms with Gasteiger partial charge in [0.05, 0.1) is 10.4 Å². The first-order valence-corrected chi connectivity index (χ1v) is 12.4. The molecule has 0 spiro atoms. The van der Waals surface area contributed by atoms with Gasteiger partial charge < -0.3 is 14.2 Å². The lowest BCUT2D eigenvalue weighted by Gasteiger charge is -2.34. The fraction of sp³-hybridized carbons (Fsp3) is 0.280. The van der Waals surface area contributed by atoms with Gasteiger partial charge >= 0.3 is 6.18 Å². The fourth-order valence-electron chi connectivity index (χ4n) is 3.89. The topological polar surface area (TPSA) is 84.6 Å². The van der Waals surface area contributed by atoms with Crippen LogP contribution in [0.2, 0.25) is 0 Å². The molecule has 192 valence electrons. The van der Waals surface area contributed by atoms with E-state index in [-0.39, 0.29) is 17.5 Å². The van der Waals surface area contributed by atoms with Gasteiger partial charge in [0.1, 0.15) is 11.4 Å². The number of halogens is 3. The van der Waals surface area contributed by atoms with Crippen LogP contribution in [-0.2, 0) is 6.54 Å². The summed E-state index contributed by atoms with van der Waals surface area (Å²) in [4.78, 5) is 26.5. The zero-order valence-corrected chi connectivity index (χ0v) is 20.3. The number of aromatic nitrogens is 3. The number of hydrogen-bond donors (Lipinski definition) is 0. The summed E-state index contributed by atoms with van der Waals surface area (Å²) in [6.07, 6.45) is -2.85. The molecule has 0 aliphatic carbocycles. The van der Waals surface area contributed by atoms with Crippen LogP contribution in [0, 0.1) is 0 Å². The summed E-state index contributed by atoms with van der Waals surface area (Å²) >= 11 is 1.51. The number of ether oxygens (including phenoxy) is 1. The zero-order valence-electron chi connectivity index (χ0n) is 19.5. The van der Waals surface area contributed by atoms with Gasteiger partial charge in [0.2, 0.25) is 5.82 Å². The van der Waals surface area contributed by atoms with Crippen LogP contribution in [0.15, 0.2) is 64.6 Å². The Bertz CT molecular complexity index is 1320. The maximum atomic E-state index is 13.0. The molecule has 0 atom stereocenters. The molecule has 5 rings (SSSR count). The lowest BCUT2D eigenvalue weighted by Crippen LogP contribution is -2.48. The van der Waals surface area contributed by atoms with Gasteiger partial charge in [-0.3, -0.25) is 14.7 Å². The lowest BCUT2D eigenvalue weighted by atomic mass is 10.1. The molecule has 37 heavy (non-hydrogen) atoms. The highest BCUT2D eigenvalue weighted by molar-refractivity contribution is 7.13. The minimum Gasteiger partial charge on any atom is -0.484 e. The average molecular weight is 530 g/mol. The van der Waals surface area contributed by atoms with E-state index in [4.69, 9.17) is 9.26 Å². The third kappa shape index (κ3) is 6.33. The molecule has 1 aliphatic rings. The highest BCUT2D eigenvalue weighted by Gasteiger charge is 2.28. The van der Waals surface area contributed by atoms with Gasteiger partial charge in [-0.25, -0.2) is 0 Å². The van der Waals surface area contributed by atoms with Gasteiger partial charge in [-0.2, -0.15) is 18.2 Å². The second-order valence-corrected chi connectivity index (χ2v) is 9.40. The van der Waals surface area contributed by atoms with E-state index in [1.165, 1.54) is 29.7 Å². The molecule has 12 heteroatoms. The molecule has 1 amide bonds. The second kappa shape index (κ2) is 10.7. The number of hydrogen-bond acceptors (Lipinski definition) is 8. The van der Waals surface area contributed by atoms with E-state index in [0.29, 0.717) is 49.8 Å². The van der Waals surface area contributed by atoms with E-state index >= 15 is 0 Å². The largest absolute Gasteiger partial charge is 0.484 e. The molecule has 0 radical (unpaired) electrons. The van der Waals surface area contributed by atoms with E-state index in [0.717, 1.165) is 10.4 Å². The predicted molar refractivity (Wildman–Crippen MR) is 130 cm³/mol. The third-order valence-corrected chi connectivity index (χ3v) is 6.65. The Balaban J connectivity index is 1.12. The van der Waals surface area contributed by atoms with Crippen molar-refractivity contribution in [2.45, 2.75) is 12.7 Å². The van der Waals surface area contributed by atoms with Gasteiger partial charge in [-0.1, -0.05) is 23.4 Å². The minimum atomic E-state index is -4.36. The number of thiophene rings is 1. The summed E-state index contributed by atoms with van der Waals surface area (Å²) in [6, 6.07) is 13.8. The van der Waals surface area contributed by atoms with Gasteiger partial charge in [0.25, 0.3) is 11.8 Å². The molecule has 1 aliphatic heterocycles. The Morgan fingerprint density at radius 2 is 1.84 bits per heavy atom. The molecule has 1 aromatic carbocycles. The Labute approximate surface area is 214 Å². The van der Waals surface area contributed by atoms with Crippen molar-refractivity contribution in [3.63, 3.8) is 0 Å². The van der Waals surface area contributed by atoms with Gasteiger partial charge in [0, 0.05) is 38.9 Å².